The number of hydrogen-bond acceptors (Lipinski definition) is 4. The van der Waals surface area contributed by atoms with Crippen LogP contribution < -0.4 is 10.2 Å². The second-order valence-electron chi connectivity index (χ2n) is 7.39. The zero-order valence-corrected chi connectivity index (χ0v) is 16.8. The summed E-state index contributed by atoms with van der Waals surface area (Å²) < 4.78 is 13.5. The van der Waals surface area contributed by atoms with Gasteiger partial charge in [-0.1, -0.05) is 6.92 Å². The van der Waals surface area contributed by atoms with Crippen molar-refractivity contribution in [1.29, 1.82) is 0 Å². The monoisotopic (exact) mass is 392 g/mol. The SMILES string of the molecule is CCN1CCN(c2ccc(NC(=O)c3cc(C)nc4cc(F)ccc34)cc2)CC1. The first-order chi connectivity index (χ1) is 14.0. The molecule has 1 aromatic heterocycles. The van der Waals surface area contributed by atoms with E-state index in [4.69, 9.17) is 0 Å². The average Bonchev–Trinajstić information content (AvgIpc) is 2.73. The number of nitrogens with one attached hydrogen (secondary N) is 1. The van der Waals surface area contributed by atoms with Gasteiger partial charge in [0.1, 0.15) is 5.82 Å². The number of benzene rings is 2. The Labute approximate surface area is 170 Å². The molecular formula is C23H25FN4O. The number of aromatic nitrogens is 1. The molecule has 0 saturated carbocycles. The van der Waals surface area contributed by atoms with Crippen LogP contribution in [0.5, 0.6) is 0 Å². The predicted octanol–water partition coefficient (Wildman–Crippen LogP) is 4.08. The number of anilines is 2. The molecule has 1 aliphatic rings. The molecule has 6 heteroatoms. The Balaban J connectivity index is 1.50. The smallest absolute Gasteiger partial charge is 0.256 e. The lowest BCUT2D eigenvalue weighted by molar-refractivity contribution is 0.102. The van der Waals surface area contributed by atoms with Crippen LogP contribution in [0.3, 0.4) is 0 Å². The molecule has 0 atom stereocenters. The second-order valence-corrected chi connectivity index (χ2v) is 7.39. The Morgan fingerprint density at radius 3 is 2.48 bits per heavy atom. The van der Waals surface area contributed by atoms with E-state index in [0.717, 1.165) is 38.4 Å². The topological polar surface area (TPSA) is 48.5 Å². The number of pyridine rings is 1. The van der Waals surface area contributed by atoms with Gasteiger partial charge in [0.15, 0.2) is 0 Å². The zero-order valence-electron chi connectivity index (χ0n) is 16.8. The third kappa shape index (κ3) is 4.22. The number of fused-ring (bicyclic) bond motifs is 1. The molecule has 5 nitrogen and oxygen atoms in total. The van der Waals surface area contributed by atoms with E-state index >= 15 is 0 Å². The predicted molar refractivity (Wildman–Crippen MR) is 115 cm³/mol. The zero-order chi connectivity index (χ0) is 20.4. The van der Waals surface area contributed by atoms with Crippen molar-refractivity contribution in [3.8, 4) is 0 Å². The lowest BCUT2D eigenvalue weighted by Crippen LogP contribution is -2.46. The van der Waals surface area contributed by atoms with Crippen molar-refractivity contribution in [2.75, 3.05) is 42.9 Å². The van der Waals surface area contributed by atoms with E-state index in [9.17, 15) is 9.18 Å². The molecule has 1 fully saturated rings. The van der Waals surface area contributed by atoms with Crippen molar-refractivity contribution in [3.05, 3.63) is 65.6 Å². The minimum Gasteiger partial charge on any atom is -0.369 e. The summed E-state index contributed by atoms with van der Waals surface area (Å²) in [6.45, 7) is 9.25. The Morgan fingerprint density at radius 2 is 1.79 bits per heavy atom. The van der Waals surface area contributed by atoms with Crippen LogP contribution >= 0.6 is 0 Å². The molecule has 3 aromatic rings. The van der Waals surface area contributed by atoms with Gasteiger partial charge in [0.05, 0.1) is 11.1 Å². The maximum absolute atomic E-state index is 13.5. The number of halogens is 1. The molecule has 2 heterocycles. The number of rotatable bonds is 4. The second kappa shape index (κ2) is 8.17. The minimum atomic E-state index is -0.364. The maximum atomic E-state index is 13.5. The van der Waals surface area contributed by atoms with Gasteiger partial charge in [-0.15, -0.1) is 0 Å². The normalized spacial score (nSPS) is 14.9. The van der Waals surface area contributed by atoms with Gasteiger partial charge in [-0.05, 0) is 55.9 Å². The van der Waals surface area contributed by atoms with Crippen LogP contribution in [0.2, 0.25) is 0 Å². The lowest BCUT2D eigenvalue weighted by atomic mass is 10.1. The van der Waals surface area contributed by atoms with E-state index < -0.39 is 0 Å². The molecule has 0 radical (unpaired) electrons. The Hall–Kier alpha value is -2.99. The summed E-state index contributed by atoms with van der Waals surface area (Å²) in [5, 5.41) is 3.59. The lowest BCUT2D eigenvalue weighted by Gasteiger charge is -2.35. The van der Waals surface area contributed by atoms with E-state index in [1.807, 2.05) is 24.3 Å². The number of nitrogens with zero attached hydrogens (tertiary/aromatic N) is 3. The van der Waals surface area contributed by atoms with Gasteiger partial charge >= 0.3 is 0 Å². The molecule has 150 valence electrons. The molecule has 1 saturated heterocycles. The van der Waals surface area contributed by atoms with Crippen molar-refractivity contribution in [3.63, 3.8) is 0 Å². The number of amides is 1. The van der Waals surface area contributed by atoms with E-state index in [2.05, 4.69) is 27.0 Å². The van der Waals surface area contributed by atoms with Gasteiger partial charge in [0.25, 0.3) is 5.91 Å². The van der Waals surface area contributed by atoms with Crippen molar-refractivity contribution >= 4 is 28.2 Å². The largest absolute Gasteiger partial charge is 0.369 e. The van der Waals surface area contributed by atoms with Gasteiger partial charge < -0.3 is 15.1 Å². The van der Waals surface area contributed by atoms with Gasteiger partial charge in [0.2, 0.25) is 0 Å². The van der Waals surface area contributed by atoms with Crippen molar-refractivity contribution in [2.24, 2.45) is 0 Å². The number of hydrogen-bond donors (Lipinski definition) is 1. The maximum Gasteiger partial charge on any atom is 0.256 e. The van der Waals surface area contributed by atoms with Crippen LogP contribution in [0, 0.1) is 12.7 Å². The Bertz CT molecular complexity index is 1020. The van der Waals surface area contributed by atoms with Crippen LogP contribution in [0.15, 0.2) is 48.5 Å². The Morgan fingerprint density at radius 1 is 1.07 bits per heavy atom. The third-order valence-electron chi connectivity index (χ3n) is 5.45. The van der Waals surface area contributed by atoms with Gasteiger partial charge in [-0.2, -0.15) is 0 Å². The van der Waals surface area contributed by atoms with Crippen LogP contribution in [0.25, 0.3) is 10.9 Å². The molecule has 2 aromatic carbocycles. The number of likely N-dealkylation sites (N-methyl/N-ethyl adjacent to an activating group) is 1. The molecule has 1 amide bonds. The quantitative estimate of drug-likeness (QED) is 0.727. The Kier molecular flexibility index (Phi) is 5.45. The van der Waals surface area contributed by atoms with Gasteiger partial charge in [-0.25, -0.2) is 4.39 Å². The van der Waals surface area contributed by atoms with Crippen LogP contribution in [-0.2, 0) is 0 Å². The molecule has 0 bridgehead atoms. The summed E-state index contributed by atoms with van der Waals surface area (Å²) in [5.74, 6) is -0.589. The van der Waals surface area contributed by atoms with Crippen LogP contribution in [0.4, 0.5) is 15.8 Å². The summed E-state index contributed by atoms with van der Waals surface area (Å²) in [6, 6.07) is 14.0. The highest BCUT2D eigenvalue weighted by Crippen LogP contribution is 2.23. The molecule has 1 aliphatic heterocycles. The molecule has 29 heavy (non-hydrogen) atoms. The summed E-state index contributed by atoms with van der Waals surface area (Å²) in [7, 11) is 0. The van der Waals surface area contributed by atoms with E-state index in [-0.39, 0.29) is 11.7 Å². The first kappa shape index (κ1) is 19.3. The van der Waals surface area contributed by atoms with Crippen LogP contribution in [0.1, 0.15) is 23.0 Å². The van der Waals surface area contributed by atoms with E-state index in [0.29, 0.717) is 22.2 Å². The molecular weight excluding hydrogens is 367 g/mol. The number of aryl methyl sites for hydroxylation is 1. The molecule has 4 rings (SSSR count). The fraction of sp³-hybridized carbons (Fsp3) is 0.304. The number of carbonyl (C=O) groups is 1. The summed E-state index contributed by atoms with van der Waals surface area (Å²) in [5.41, 5.74) is 3.55. The number of piperazine rings is 1. The molecule has 0 spiro atoms. The standard InChI is InChI=1S/C23H25FN4O/c1-3-27-10-12-28(13-11-27)19-7-5-18(6-8-19)26-23(29)21-14-16(2)25-22-15-17(24)4-9-20(21)22/h4-9,14-15H,3,10-13H2,1-2H3,(H,26,29). The fourth-order valence-electron chi connectivity index (χ4n) is 3.80. The molecule has 0 aliphatic carbocycles. The van der Waals surface area contributed by atoms with Crippen molar-refractivity contribution in [1.82, 2.24) is 9.88 Å². The third-order valence-corrected chi connectivity index (χ3v) is 5.45. The molecule has 0 unspecified atom stereocenters. The van der Waals surface area contributed by atoms with E-state index in [1.165, 1.54) is 17.8 Å². The average molecular weight is 392 g/mol. The highest BCUT2D eigenvalue weighted by molar-refractivity contribution is 6.12. The van der Waals surface area contributed by atoms with Crippen LogP contribution in [-0.4, -0.2) is 48.5 Å². The first-order valence-electron chi connectivity index (χ1n) is 9.99. The minimum absolute atomic E-state index is 0.226. The highest BCUT2D eigenvalue weighted by atomic mass is 19.1. The highest BCUT2D eigenvalue weighted by Gasteiger charge is 2.16. The number of carbonyl (C=O) groups excluding carboxylic acids is 1. The summed E-state index contributed by atoms with van der Waals surface area (Å²) in [4.78, 5) is 22.0. The summed E-state index contributed by atoms with van der Waals surface area (Å²) >= 11 is 0. The molecule has 1 N–H and O–H groups in total. The van der Waals surface area contributed by atoms with Gasteiger partial charge in [0, 0.05) is 54.7 Å². The van der Waals surface area contributed by atoms with Crippen molar-refractivity contribution < 1.29 is 9.18 Å². The fourth-order valence-corrected chi connectivity index (χ4v) is 3.80. The van der Waals surface area contributed by atoms with Gasteiger partial charge in [-0.3, -0.25) is 9.78 Å². The summed E-state index contributed by atoms with van der Waals surface area (Å²) in [6.07, 6.45) is 0. The van der Waals surface area contributed by atoms with Crippen molar-refractivity contribution in [2.45, 2.75) is 13.8 Å². The van der Waals surface area contributed by atoms with E-state index in [1.54, 1.807) is 19.1 Å². The first-order valence-corrected chi connectivity index (χ1v) is 9.99.